The number of nitro groups is 1. The van der Waals surface area contributed by atoms with Crippen LogP contribution in [0.3, 0.4) is 0 Å². The topological polar surface area (TPSA) is 106 Å². The van der Waals surface area contributed by atoms with E-state index in [4.69, 9.17) is 0 Å². The molecule has 0 unspecified atom stereocenters. The van der Waals surface area contributed by atoms with Crippen molar-refractivity contribution < 1.29 is 4.92 Å². The van der Waals surface area contributed by atoms with Crippen molar-refractivity contribution in [3.8, 4) is 0 Å². The van der Waals surface area contributed by atoms with E-state index in [1.807, 2.05) is 12.3 Å². The third kappa shape index (κ3) is 4.09. The lowest BCUT2D eigenvalue weighted by Crippen LogP contribution is -2.12. The van der Waals surface area contributed by atoms with Crippen LogP contribution < -0.4 is 10.6 Å². The molecule has 0 aliphatic heterocycles. The van der Waals surface area contributed by atoms with Gasteiger partial charge in [0.25, 0.3) is 0 Å². The van der Waals surface area contributed by atoms with Crippen molar-refractivity contribution in [1.82, 2.24) is 15.0 Å². The maximum absolute atomic E-state index is 11.2. The Labute approximate surface area is 125 Å². The Balaban J connectivity index is 2.08. The Morgan fingerprint density at radius 2 is 1.95 bits per heavy atom. The highest BCUT2D eigenvalue weighted by Gasteiger charge is 2.22. The molecular weight excluding hydrogens is 292 g/mol. The van der Waals surface area contributed by atoms with Crippen LogP contribution in [0.4, 0.5) is 17.3 Å². The van der Waals surface area contributed by atoms with Crippen molar-refractivity contribution in [2.45, 2.75) is 19.8 Å². The largest absolute Gasteiger partial charge is 0.364 e. The third-order valence-electron chi connectivity index (χ3n) is 2.66. The molecule has 8 nitrogen and oxygen atoms in total. The zero-order valence-electron chi connectivity index (χ0n) is 11.6. The number of hydrogen-bond acceptors (Lipinski definition) is 8. The van der Waals surface area contributed by atoms with E-state index in [9.17, 15) is 10.1 Å². The Morgan fingerprint density at radius 1 is 1.24 bits per heavy atom. The van der Waals surface area contributed by atoms with Gasteiger partial charge in [-0.2, -0.15) is 0 Å². The van der Waals surface area contributed by atoms with Gasteiger partial charge in [-0.05, 0) is 6.42 Å². The van der Waals surface area contributed by atoms with Crippen LogP contribution in [0.1, 0.15) is 18.4 Å². The Hall–Kier alpha value is -2.29. The molecule has 2 aromatic heterocycles. The SMILES string of the molecule is CCCNc1ncnc(NCCc2nccs2)c1[N+](=O)[O-]. The first-order valence-corrected chi connectivity index (χ1v) is 7.45. The molecule has 0 aliphatic carbocycles. The predicted octanol–water partition coefficient (Wildman–Crippen LogP) is 2.32. The van der Waals surface area contributed by atoms with Crippen molar-refractivity contribution in [1.29, 1.82) is 0 Å². The van der Waals surface area contributed by atoms with Gasteiger partial charge in [0, 0.05) is 31.1 Å². The highest BCUT2D eigenvalue weighted by Crippen LogP contribution is 2.28. The Kier molecular flexibility index (Phi) is 5.38. The van der Waals surface area contributed by atoms with Crippen LogP contribution in [0.5, 0.6) is 0 Å². The summed E-state index contributed by atoms with van der Waals surface area (Å²) in [5.74, 6) is 0.471. The quantitative estimate of drug-likeness (QED) is 0.569. The molecule has 2 heterocycles. The van der Waals surface area contributed by atoms with Gasteiger partial charge in [-0.1, -0.05) is 6.92 Å². The smallest absolute Gasteiger partial charge is 0.353 e. The summed E-state index contributed by atoms with van der Waals surface area (Å²) in [6.07, 6.45) is 4.60. The molecule has 0 fully saturated rings. The number of hydrogen-bond donors (Lipinski definition) is 2. The average Bonchev–Trinajstić information content (AvgIpc) is 2.98. The van der Waals surface area contributed by atoms with Gasteiger partial charge in [0.15, 0.2) is 0 Å². The van der Waals surface area contributed by atoms with Crippen molar-refractivity contribution in [3.63, 3.8) is 0 Å². The molecule has 9 heteroatoms. The summed E-state index contributed by atoms with van der Waals surface area (Å²) in [4.78, 5) is 22.8. The van der Waals surface area contributed by atoms with Crippen molar-refractivity contribution in [2.75, 3.05) is 23.7 Å². The molecule has 2 aromatic rings. The number of thiazole rings is 1. The highest BCUT2D eigenvalue weighted by molar-refractivity contribution is 7.09. The van der Waals surface area contributed by atoms with Gasteiger partial charge < -0.3 is 10.6 Å². The first kappa shape index (κ1) is 15.1. The van der Waals surface area contributed by atoms with Crippen LogP contribution in [0, 0.1) is 10.1 Å². The van der Waals surface area contributed by atoms with Crippen LogP contribution in [-0.4, -0.2) is 33.0 Å². The fourth-order valence-electron chi connectivity index (χ4n) is 1.72. The second kappa shape index (κ2) is 7.48. The molecule has 112 valence electrons. The van der Waals surface area contributed by atoms with E-state index >= 15 is 0 Å². The number of nitrogens with one attached hydrogen (secondary N) is 2. The van der Waals surface area contributed by atoms with Gasteiger partial charge in [0.1, 0.15) is 6.33 Å². The zero-order chi connectivity index (χ0) is 15.1. The minimum absolute atomic E-state index is 0.120. The predicted molar refractivity (Wildman–Crippen MR) is 81.8 cm³/mol. The monoisotopic (exact) mass is 308 g/mol. The molecule has 0 amide bonds. The van der Waals surface area contributed by atoms with Gasteiger partial charge in [-0.15, -0.1) is 11.3 Å². The molecule has 0 bridgehead atoms. The molecule has 0 spiro atoms. The van der Waals surface area contributed by atoms with Gasteiger partial charge in [0.2, 0.25) is 11.6 Å². The summed E-state index contributed by atoms with van der Waals surface area (Å²) in [5, 5.41) is 20.0. The fraction of sp³-hybridized carbons (Fsp3) is 0.417. The minimum Gasteiger partial charge on any atom is -0.364 e. The van der Waals surface area contributed by atoms with E-state index in [2.05, 4.69) is 25.6 Å². The molecule has 0 aromatic carbocycles. The maximum Gasteiger partial charge on any atom is 0.353 e. The average molecular weight is 308 g/mol. The molecule has 0 aliphatic rings. The number of aromatic nitrogens is 3. The first-order chi connectivity index (χ1) is 10.2. The molecule has 0 saturated carbocycles. The lowest BCUT2D eigenvalue weighted by Gasteiger charge is -2.08. The van der Waals surface area contributed by atoms with Gasteiger partial charge in [-0.3, -0.25) is 10.1 Å². The van der Waals surface area contributed by atoms with Gasteiger partial charge in [0.05, 0.1) is 9.93 Å². The van der Waals surface area contributed by atoms with Crippen LogP contribution in [0.15, 0.2) is 17.9 Å². The van der Waals surface area contributed by atoms with E-state index in [1.165, 1.54) is 6.33 Å². The van der Waals surface area contributed by atoms with E-state index in [1.54, 1.807) is 17.5 Å². The van der Waals surface area contributed by atoms with Crippen LogP contribution >= 0.6 is 11.3 Å². The summed E-state index contributed by atoms with van der Waals surface area (Å²) in [5.41, 5.74) is -0.120. The summed E-state index contributed by atoms with van der Waals surface area (Å²) >= 11 is 1.55. The second-order valence-corrected chi connectivity index (χ2v) is 5.19. The van der Waals surface area contributed by atoms with E-state index in [0.29, 0.717) is 19.5 Å². The summed E-state index contributed by atoms with van der Waals surface area (Å²) in [7, 11) is 0. The summed E-state index contributed by atoms with van der Waals surface area (Å²) in [6, 6.07) is 0. The molecule has 0 radical (unpaired) electrons. The fourth-order valence-corrected chi connectivity index (χ4v) is 2.34. The van der Waals surface area contributed by atoms with E-state index in [0.717, 1.165) is 11.4 Å². The number of nitrogens with zero attached hydrogens (tertiary/aromatic N) is 4. The van der Waals surface area contributed by atoms with Crippen molar-refractivity contribution in [3.05, 3.63) is 33.0 Å². The van der Waals surface area contributed by atoms with Crippen LogP contribution in [0.25, 0.3) is 0 Å². The lowest BCUT2D eigenvalue weighted by molar-refractivity contribution is -0.383. The standard InChI is InChI=1S/C12H16N6O2S/c1-2-4-14-11-10(18(19)20)12(17-8-16-11)15-5-3-9-13-6-7-21-9/h6-8H,2-5H2,1H3,(H2,14,15,16,17). The molecule has 2 N–H and O–H groups in total. The molecule has 2 rings (SSSR count). The highest BCUT2D eigenvalue weighted by atomic mass is 32.1. The van der Waals surface area contributed by atoms with Gasteiger partial charge in [-0.25, -0.2) is 15.0 Å². The Bertz CT molecular complexity index is 589. The molecule has 0 atom stereocenters. The third-order valence-corrected chi connectivity index (χ3v) is 3.50. The van der Waals surface area contributed by atoms with Crippen molar-refractivity contribution in [2.24, 2.45) is 0 Å². The Morgan fingerprint density at radius 3 is 2.52 bits per heavy atom. The first-order valence-electron chi connectivity index (χ1n) is 6.58. The van der Waals surface area contributed by atoms with Crippen LogP contribution in [-0.2, 0) is 6.42 Å². The summed E-state index contributed by atoms with van der Waals surface area (Å²) in [6.45, 7) is 3.13. The minimum atomic E-state index is -0.469. The van der Waals surface area contributed by atoms with Gasteiger partial charge >= 0.3 is 5.69 Å². The second-order valence-electron chi connectivity index (χ2n) is 4.21. The summed E-state index contributed by atoms with van der Waals surface area (Å²) < 4.78 is 0. The van der Waals surface area contributed by atoms with Crippen LogP contribution in [0.2, 0.25) is 0 Å². The van der Waals surface area contributed by atoms with E-state index < -0.39 is 4.92 Å². The number of anilines is 2. The normalized spacial score (nSPS) is 10.3. The van der Waals surface area contributed by atoms with E-state index in [-0.39, 0.29) is 17.3 Å². The molecular formula is C12H16N6O2S. The molecule has 0 saturated heterocycles. The maximum atomic E-state index is 11.2. The lowest BCUT2D eigenvalue weighted by atomic mass is 10.3. The molecule has 21 heavy (non-hydrogen) atoms. The number of rotatable bonds is 8. The van der Waals surface area contributed by atoms with Crippen molar-refractivity contribution >= 4 is 28.7 Å². The zero-order valence-corrected chi connectivity index (χ0v) is 12.4.